The molecule has 0 aliphatic carbocycles. The third-order valence-electron chi connectivity index (χ3n) is 2.98. The van der Waals surface area contributed by atoms with Crippen molar-refractivity contribution in [1.82, 2.24) is 14.7 Å². The Morgan fingerprint density at radius 2 is 2.12 bits per heavy atom. The molecule has 0 amide bonds. The molecule has 0 spiro atoms. The van der Waals surface area contributed by atoms with Crippen LogP contribution < -0.4 is 4.74 Å². The molecule has 0 saturated carbocycles. The maximum absolute atomic E-state index is 5.67. The summed E-state index contributed by atoms with van der Waals surface area (Å²) in [7, 11) is 0. The predicted molar refractivity (Wildman–Crippen MR) is 63.8 cm³/mol. The summed E-state index contributed by atoms with van der Waals surface area (Å²) in [5.41, 5.74) is 0. The topological polar surface area (TPSA) is 30.3 Å². The second-order valence-corrected chi connectivity index (χ2v) is 4.65. The van der Waals surface area contributed by atoms with E-state index in [9.17, 15) is 0 Å². The van der Waals surface area contributed by atoms with E-state index in [4.69, 9.17) is 4.74 Å². The number of aromatic nitrogens is 2. The zero-order chi connectivity index (χ0) is 11.4. The van der Waals surface area contributed by atoms with E-state index in [1.165, 1.54) is 25.9 Å². The van der Waals surface area contributed by atoms with Gasteiger partial charge in [0.2, 0.25) is 0 Å². The molecule has 1 saturated heterocycles. The van der Waals surface area contributed by atoms with Crippen LogP contribution in [0.4, 0.5) is 0 Å². The molecule has 16 heavy (non-hydrogen) atoms. The van der Waals surface area contributed by atoms with E-state index in [0.717, 1.165) is 18.9 Å². The Bertz CT molecular complexity index is 316. The summed E-state index contributed by atoms with van der Waals surface area (Å²) in [6.45, 7) is 8.49. The summed E-state index contributed by atoms with van der Waals surface area (Å²) >= 11 is 0. The molecule has 0 aromatic carbocycles. The first-order valence-electron chi connectivity index (χ1n) is 6.15. The van der Waals surface area contributed by atoms with E-state index < -0.39 is 0 Å². The molecule has 1 aromatic heterocycles. The molecular formula is C12H21N3O. The van der Waals surface area contributed by atoms with Crippen LogP contribution in [0.5, 0.6) is 5.75 Å². The minimum absolute atomic E-state index is 0.399. The number of ether oxygens (including phenoxy) is 1. The maximum atomic E-state index is 5.67. The number of nitrogens with zero attached hydrogens (tertiary/aromatic N) is 3. The van der Waals surface area contributed by atoms with Crippen LogP contribution in [-0.2, 0) is 0 Å². The minimum Gasteiger partial charge on any atom is -0.489 e. The van der Waals surface area contributed by atoms with Gasteiger partial charge in [-0.15, -0.1) is 0 Å². The first-order valence-corrected chi connectivity index (χ1v) is 6.15. The molecule has 90 valence electrons. The smallest absolute Gasteiger partial charge is 0.157 e. The zero-order valence-electron chi connectivity index (χ0n) is 10.2. The van der Waals surface area contributed by atoms with Crippen molar-refractivity contribution in [3.8, 4) is 5.75 Å². The molecule has 2 rings (SSSR count). The van der Waals surface area contributed by atoms with Gasteiger partial charge in [-0.2, -0.15) is 5.10 Å². The normalized spacial score (nSPS) is 17.2. The lowest BCUT2D eigenvalue weighted by Crippen LogP contribution is -2.24. The fourth-order valence-corrected chi connectivity index (χ4v) is 1.98. The van der Waals surface area contributed by atoms with Gasteiger partial charge in [0, 0.05) is 12.6 Å². The lowest BCUT2D eigenvalue weighted by atomic mass is 10.4. The summed E-state index contributed by atoms with van der Waals surface area (Å²) in [5.74, 6) is 0.882. The van der Waals surface area contributed by atoms with Crippen molar-refractivity contribution in [2.75, 3.05) is 26.2 Å². The van der Waals surface area contributed by atoms with E-state index in [1.54, 1.807) is 6.20 Å². The van der Waals surface area contributed by atoms with Crippen molar-refractivity contribution < 1.29 is 4.74 Å². The average Bonchev–Trinajstić information content (AvgIpc) is 2.87. The molecule has 0 bridgehead atoms. The highest BCUT2D eigenvalue weighted by Gasteiger charge is 2.11. The van der Waals surface area contributed by atoms with E-state index in [2.05, 4.69) is 23.8 Å². The van der Waals surface area contributed by atoms with E-state index in [0.29, 0.717) is 6.04 Å². The van der Waals surface area contributed by atoms with Crippen molar-refractivity contribution in [3.05, 3.63) is 12.4 Å². The quantitative estimate of drug-likeness (QED) is 0.764. The molecule has 0 atom stereocenters. The Morgan fingerprint density at radius 3 is 2.75 bits per heavy atom. The van der Waals surface area contributed by atoms with Gasteiger partial charge >= 0.3 is 0 Å². The molecule has 0 N–H and O–H groups in total. The standard InChI is InChI=1S/C12H21N3O/c1-11(2)15-10-12(9-13-15)16-8-7-14-5-3-4-6-14/h9-11H,3-8H2,1-2H3. The SMILES string of the molecule is CC(C)n1cc(OCCN2CCCC2)cn1. The van der Waals surface area contributed by atoms with E-state index >= 15 is 0 Å². The van der Waals surface area contributed by atoms with Gasteiger partial charge in [-0.3, -0.25) is 9.58 Å². The van der Waals surface area contributed by atoms with Crippen LogP contribution in [0.2, 0.25) is 0 Å². The van der Waals surface area contributed by atoms with Crippen molar-refractivity contribution in [2.45, 2.75) is 32.7 Å². The molecule has 2 heterocycles. The van der Waals surface area contributed by atoms with Gasteiger partial charge in [0.25, 0.3) is 0 Å². The number of rotatable bonds is 5. The third kappa shape index (κ3) is 2.98. The van der Waals surface area contributed by atoms with Crippen LogP contribution in [0, 0.1) is 0 Å². The Morgan fingerprint density at radius 1 is 1.38 bits per heavy atom. The number of likely N-dealkylation sites (tertiary alicyclic amines) is 1. The Balaban J connectivity index is 1.72. The first kappa shape index (κ1) is 11.5. The fourth-order valence-electron chi connectivity index (χ4n) is 1.98. The van der Waals surface area contributed by atoms with Crippen LogP contribution in [0.1, 0.15) is 32.7 Å². The van der Waals surface area contributed by atoms with Gasteiger partial charge in [-0.25, -0.2) is 0 Å². The molecule has 1 aliphatic rings. The van der Waals surface area contributed by atoms with Crippen LogP contribution in [-0.4, -0.2) is 40.9 Å². The molecule has 4 nitrogen and oxygen atoms in total. The zero-order valence-corrected chi connectivity index (χ0v) is 10.2. The summed E-state index contributed by atoms with van der Waals surface area (Å²) in [4.78, 5) is 2.45. The van der Waals surface area contributed by atoms with Crippen LogP contribution in [0.15, 0.2) is 12.4 Å². The molecule has 0 unspecified atom stereocenters. The van der Waals surface area contributed by atoms with Gasteiger partial charge in [-0.1, -0.05) is 0 Å². The van der Waals surface area contributed by atoms with Crippen LogP contribution in [0.3, 0.4) is 0 Å². The predicted octanol–water partition coefficient (Wildman–Crippen LogP) is 1.94. The first-order chi connectivity index (χ1) is 7.75. The average molecular weight is 223 g/mol. The van der Waals surface area contributed by atoms with Crippen LogP contribution >= 0.6 is 0 Å². The van der Waals surface area contributed by atoms with E-state index in [-0.39, 0.29) is 0 Å². The highest BCUT2D eigenvalue weighted by Crippen LogP contribution is 2.12. The van der Waals surface area contributed by atoms with Gasteiger partial charge in [0.1, 0.15) is 6.61 Å². The maximum Gasteiger partial charge on any atom is 0.157 e. The molecule has 1 fully saturated rings. The van der Waals surface area contributed by atoms with Crippen molar-refractivity contribution in [3.63, 3.8) is 0 Å². The van der Waals surface area contributed by atoms with Crippen molar-refractivity contribution >= 4 is 0 Å². The largest absolute Gasteiger partial charge is 0.489 e. The van der Waals surface area contributed by atoms with Crippen molar-refractivity contribution in [2.24, 2.45) is 0 Å². The van der Waals surface area contributed by atoms with E-state index in [1.807, 2.05) is 10.9 Å². The van der Waals surface area contributed by atoms with Crippen molar-refractivity contribution in [1.29, 1.82) is 0 Å². The third-order valence-corrected chi connectivity index (χ3v) is 2.98. The molecular weight excluding hydrogens is 202 g/mol. The Hall–Kier alpha value is -1.03. The van der Waals surface area contributed by atoms with Gasteiger partial charge in [0.15, 0.2) is 5.75 Å². The summed E-state index contributed by atoms with van der Waals surface area (Å²) in [5, 5.41) is 4.24. The Kier molecular flexibility index (Phi) is 3.83. The minimum atomic E-state index is 0.399. The summed E-state index contributed by atoms with van der Waals surface area (Å²) < 4.78 is 7.60. The number of hydrogen-bond donors (Lipinski definition) is 0. The Labute approximate surface area is 97.2 Å². The van der Waals surface area contributed by atoms with Gasteiger partial charge < -0.3 is 4.74 Å². The fraction of sp³-hybridized carbons (Fsp3) is 0.750. The van der Waals surface area contributed by atoms with Gasteiger partial charge in [-0.05, 0) is 39.8 Å². The second-order valence-electron chi connectivity index (χ2n) is 4.65. The summed E-state index contributed by atoms with van der Waals surface area (Å²) in [6, 6.07) is 0.399. The molecule has 0 radical (unpaired) electrons. The lowest BCUT2D eigenvalue weighted by Gasteiger charge is -2.13. The highest BCUT2D eigenvalue weighted by atomic mass is 16.5. The monoisotopic (exact) mass is 223 g/mol. The highest BCUT2D eigenvalue weighted by molar-refractivity contribution is 5.11. The molecule has 1 aliphatic heterocycles. The van der Waals surface area contributed by atoms with Crippen LogP contribution in [0.25, 0.3) is 0 Å². The number of hydrogen-bond acceptors (Lipinski definition) is 3. The van der Waals surface area contributed by atoms with Gasteiger partial charge in [0.05, 0.1) is 12.4 Å². The summed E-state index contributed by atoms with van der Waals surface area (Å²) in [6.07, 6.45) is 6.44. The molecule has 1 aromatic rings. The second kappa shape index (κ2) is 5.34. The molecule has 4 heteroatoms. The lowest BCUT2D eigenvalue weighted by molar-refractivity contribution is 0.237.